The second-order valence-electron chi connectivity index (χ2n) is 6.97. The summed E-state index contributed by atoms with van der Waals surface area (Å²) in [5, 5.41) is 3.00. The Labute approximate surface area is 169 Å². The van der Waals surface area contributed by atoms with Crippen molar-refractivity contribution in [1.82, 2.24) is 4.90 Å². The maximum absolute atomic E-state index is 12.7. The Morgan fingerprint density at radius 2 is 1.68 bits per heavy atom. The van der Waals surface area contributed by atoms with Gasteiger partial charge in [0.2, 0.25) is 0 Å². The first kappa shape index (κ1) is 18.8. The Morgan fingerprint density at radius 1 is 0.929 bits per heavy atom. The highest BCUT2D eigenvalue weighted by Gasteiger charge is 2.16. The van der Waals surface area contributed by atoms with E-state index in [-0.39, 0.29) is 5.91 Å². The Morgan fingerprint density at radius 3 is 2.50 bits per heavy atom. The number of anilines is 1. The van der Waals surface area contributed by atoms with Crippen molar-refractivity contribution in [3.05, 3.63) is 78.3 Å². The molecule has 144 valence electrons. The van der Waals surface area contributed by atoms with Gasteiger partial charge in [0, 0.05) is 9.79 Å². The summed E-state index contributed by atoms with van der Waals surface area (Å²) in [5.74, 6) is 0.983. The molecule has 1 fully saturated rings. The molecule has 2 heterocycles. The third-order valence-corrected chi connectivity index (χ3v) is 5.90. The number of nitrogens with zero attached hydrogens (tertiary/aromatic N) is 1. The van der Waals surface area contributed by atoms with Crippen LogP contribution in [0.4, 0.5) is 5.69 Å². The fourth-order valence-electron chi connectivity index (χ4n) is 3.38. The van der Waals surface area contributed by atoms with Gasteiger partial charge in [0.05, 0.1) is 12.2 Å². The van der Waals surface area contributed by atoms with E-state index in [2.05, 4.69) is 22.3 Å². The minimum absolute atomic E-state index is 0.217. The zero-order valence-corrected chi connectivity index (χ0v) is 16.6. The summed E-state index contributed by atoms with van der Waals surface area (Å²) in [6.07, 6.45) is 3.79. The first-order valence-electron chi connectivity index (χ1n) is 9.72. The van der Waals surface area contributed by atoms with E-state index in [0.29, 0.717) is 5.76 Å². The molecule has 1 saturated heterocycles. The van der Waals surface area contributed by atoms with Crippen LogP contribution in [0.1, 0.15) is 35.6 Å². The van der Waals surface area contributed by atoms with Gasteiger partial charge in [-0.3, -0.25) is 9.69 Å². The average Bonchev–Trinajstić information content (AvgIpc) is 3.20. The Bertz CT molecular complexity index is 917. The van der Waals surface area contributed by atoms with Crippen LogP contribution in [0.2, 0.25) is 0 Å². The van der Waals surface area contributed by atoms with E-state index >= 15 is 0 Å². The van der Waals surface area contributed by atoms with Gasteiger partial charge in [-0.25, -0.2) is 0 Å². The van der Waals surface area contributed by atoms with Gasteiger partial charge in [-0.2, -0.15) is 0 Å². The Hall–Kier alpha value is -2.50. The topological polar surface area (TPSA) is 45.5 Å². The van der Waals surface area contributed by atoms with E-state index < -0.39 is 0 Å². The molecule has 1 aliphatic rings. The van der Waals surface area contributed by atoms with Crippen molar-refractivity contribution in [3.63, 3.8) is 0 Å². The van der Waals surface area contributed by atoms with Gasteiger partial charge in [-0.05, 0) is 62.3 Å². The van der Waals surface area contributed by atoms with Crippen LogP contribution in [-0.2, 0) is 6.54 Å². The van der Waals surface area contributed by atoms with Gasteiger partial charge in [0.25, 0.3) is 5.91 Å². The summed E-state index contributed by atoms with van der Waals surface area (Å²) in [4.78, 5) is 17.2. The lowest BCUT2D eigenvalue weighted by molar-refractivity contribution is 0.0991. The van der Waals surface area contributed by atoms with Gasteiger partial charge in [-0.15, -0.1) is 0 Å². The molecule has 5 heteroatoms. The Balaban J connectivity index is 1.42. The van der Waals surface area contributed by atoms with Crippen LogP contribution in [0.3, 0.4) is 0 Å². The molecule has 0 unspecified atom stereocenters. The Kier molecular flexibility index (Phi) is 6.14. The molecule has 1 amide bonds. The SMILES string of the molecule is O=C(Nc1ccccc1Sc1ccccc1)c1ccc(CN2CCCCC2)o1. The van der Waals surface area contributed by atoms with Crippen molar-refractivity contribution in [3.8, 4) is 0 Å². The summed E-state index contributed by atoms with van der Waals surface area (Å²) in [6.45, 7) is 2.98. The van der Waals surface area contributed by atoms with E-state index in [0.717, 1.165) is 40.9 Å². The zero-order valence-electron chi connectivity index (χ0n) is 15.8. The molecule has 0 spiro atoms. The maximum atomic E-state index is 12.7. The number of hydrogen-bond acceptors (Lipinski definition) is 4. The molecular weight excluding hydrogens is 368 g/mol. The van der Waals surface area contributed by atoms with Crippen molar-refractivity contribution in [2.45, 2.75) is 35.6 Å². The second kappa shape index (κ2) is 9.13. The molecule has 4 rings (SSSR count). The molecule has 3 aromatic rings. The number of amides is 1. The van der Waals surface area contributed by atoms with Crippen LogP contribution in [0.5, 0.6) is 0 Å². The predicted molar refractivity (Wildman–Crippen MR) is 113 cm³/mol. The highest BCUT2D eigenvalue weighted by molar-refractivity contribution is 7.99. The van der Waals surface area contributed by atoms with Crippen LogP contribution < -0.4 is 5.32 Å². The quantitative estimate of drug-likeness (QED) is 0.587. The van der Waals surface area contributed by atoms with Gasteiger partial charge >= 0.3 is 0 Å². The van der Waals surface area contributed by atoms with Crippen LogP contribution in [0.25, 0.3) is 0 Å². The molecule has 28 heavy (non-hydrogen) atoms. The van der Waals surface area contributed by atoms with Crippen molar-refractivity contribution in [1.29, 1.82) is 0 Å². The fraction of sp³-hybridized carbons (Fsp3) is 0.261. The standard InChI is InChI=1S/C23H24N2O2S/c26-23(21-14-13-18(27-21)17-25-15-7-2-8-16-25)24-20-11-5-6-12-22(20)28-19-9-3-1-4-10-19/h1,3-6,9-14H,2,7-8,15-17H2,(H,24,26). The molecule has 1 aliphatic heterocycles. The monoisotopic (exact) mass is 392 g/mol. The molecule has 1 N–H and O–H groups in total. The summed E-state index contributed by atoms with van der Waals surface area (Å²) < 4.78 is 5.82. The lowest BCUT2D eigenvalue weighted by Gasteiger charge is -2.25. The lowest BCUT2D eigenvalue weighted by Crippen LogP contribution is -2.28. The molecule has 1 aromatic heterocycles. The molecule has 0 bridgehead atoms. The summed E-state index contributed by atoms with van der Waals surface area (Å²) >= 11 is 1.63. The number of furan rings is 1. The molecule has 0 radical (unpaired) electrons. The highest BCUT2D eigenvalue weighted by atomic mass is 32.2. The largest absolute Gasteiger partial charge is 0.455 e. The second-order valence-corrected chi connectivity index (χ2v) is 8.08. The minimum Gasteiger partial charge on any atom is -0.455 e. The molecule has 0 atom stereocenters. The van der Waals surface area contributed by atoms with E-state index in [1.165, 1.54) is 19.3 Å². The van der Waals surface area contributed by atoms with Crippen LogP contribution in [-0.4, -0.2) is 23.9 Å². The van der Waals surface area contributed by atoms with Crippen molar-refractivity contribution >= 4 is 23.4 Å². The van der Waals surface area contributed by atoms with Gasteiger partial charge < -0.3 is 9.73 Å². The third-order valence-electron chi connectivity index (χ3n) is 4.82. The van der Waals surface area contributed by atoms with Crippen LogP contribution in [0.15, 0.2) is 80.9 Å². The molecule has 2 aromatic carbocycles. The van der Waals surface area contributed by atoms with E-state index in [1.54, 1.807) is 17.8 Å². The number of piperidine rings is 1. The molecular formula is C23H24N2O2S. The van der Waals surface area contributed by atoms with E-state index in [4.69, 9.17) is 4.42 Å². The third kappa shape index (κ3) is 4.86. The number of rotatable bonds is 6. The van der Waals surface area contributed by atoms with Gasteiger partial charge in [0.1, 0.15) is 5.76 Å². The zero-order chi connectivity index (χ0) is 19.2. The number of para-hydroxylation sites is 1. The van der Waals surface area contributed by atoms with Crippen molar-refractivity contribution < 1.29 is 9.21 Å². The van der Waals surface area contributed by atoms with E-state index in [1.807, 2.05) is 48.5 Å². The maximum Gasteiger partial charge on any atom is 0.291 e. The number of carbonyl (C=O) groups is 1. The van der Waals surface area contributed by atoms with Gasteiger partial charge in [0.15, 0.2) is 5.76 Å². The molecule has 4 nitrogen and oxygen atoms in total. The van der Waals surface area contributed by atoms with Crippen LogP contribution in [0, 0.1) is 0 Å². The number of carbonyl (C=O) groups excluding carboxylic acids is 1. The molecule has 0 aliphatic carbocycles. The summed E-state index contributed by atoms with van der Waals surface area (Å²) in [6, 6.07) is 21.6. The van der Waals surface area contributed by atoms with Crippen molar-refractivity contribution in [2.75, 3.05) is 18.4 Å². The smallest absolute Gasteiger partial charge is 0.291 e. The fourth-order valence-corrected chi connectivity index (χ4v) is 4.30. The number of benzene rings is 2. The molecule has 0 saturated carbocycles. The first-order valence-corrected chi connectivity index (χ1v) is 10.5. The van der Waals surface area contributed by atoms with Crippen LogP contribution >= 0.6 is 11.8 Å². The van der Waals surface area contributed by atoms with Gasteiger partial charge in [-0.1, -0.05) is 48.5 Å². The normalized spacial score (nSPS) is 14.7. The predicted octanol–water partition coefficient (Wildman–Crippen LogP) is 5.67. The highest BCUT2D eigenvalue weighted by Crippen LogP contribution is 2.33. The summed E-state index contributed by atoms with van der Waals surface area (Å²) in [5.41, 5.74) is 0.787. The van der Waals surface area contributed by atoms with E-state index in [9.17, 15) is 4.79 Å². The first-order chi connectivity index (χ1) is 13.8. The average molecular weight is 393 g/mol. The minimum atomic E-state index is -0.217. The summed E-state index contributed by atoms with van der Waals surface area (Å²) in [7, 11) is 0. The van der Waals surface area contributed by atoms with Crippen molar-refractivity contribution in [2.24, 2.45) is 0 Å². The number of nitrogens with one attached hydrogen (secondary N) is 1. The number of hydrogen-bond donors (Lipinski definition) is 1. The number of likely N-dealkylation sites (tertiary alicyclic amines) is 1. The lowest BCUT2D eigenvalue weighted by atomic mass is 10.1.